The summed E-state index contributed by atoms with van der Waals surface area (Å²) >= 11 is 0. The lowest BCUT2D eigenvalue weighted by molar-refractivity contribution is -0.122. The van der Waals surface area contributed by atoms with E-state index in [1.807, 2.05) is 13.8 Å². The van der Waals surface area contributed by atoms with Crippen molar-refractivity contribution in [3.05, 3.63) is 0 Å². The number of amidine groups is 1. The van der Waals surface area contributed by atoms with Crippen LogP contribution in [0, 0.1) is 5.92 Å². The summed E-state index contributed by atoms with van der Waals surface area (Å²) in [5.74, 6) is 0.456. The third kappa shape index (κ3) is 13.9. The topological polar surface area (TPSA) is 94.1 Å². The normalized spacial score (nSPS) is 13.7. The summed E-state index contributed by atoms with van der Waals surface area (Å²) in [6, 6.07) is 0. The summed E-state index contributed by atoms with van der Waals surface area (Å²) in [4.78, 5) is 39.5. The van der Waals surface area contributed by atoms with Gasteiger partial charge in [0.2, 0.25) is 0 Å². The quantitative estimate of drug-likeness (QED) is 0.378. The Morgan fingerprint density at radius 2 is 1.52 bits per heavy atom. The molecule has 0 heterocycles. The minimum absolute atomic E-state index is 0.0139. The van der Waals surface area contributed by atoms with Gasteiger partial charge in [0.15, 0.2) is 0 Å². The first kappa shape index (κ1) is 25.1. The van der Waals surface area contributed by atoms with Gasteiger partial charge in [-0.3, -0.25) is 10.1 Å². The first-order valence-corrected chi connectivity index (χ1v) is 9.56. The van der Waals surface area contributed by atoms with Crippen molar-refractivity contribution in [3.8, 4) is 0 Å². The molecule has 0 unspecified atom stereocenters. The second kappa shape index (κ2) is 11.0. The molecular weight excluding hydrogens is 348 g/mol. The average Bonchev–Trinajstić information content (AvgIpc) is 2.46. The molecule has 0 rings (SSSR count). The van der Waals surface area contributed by atoms with Crippen molar-refractivity contribution < 1.29 is 23.9 Å². The molecule has 156 valence electrons. The van der Waals surface area contributed by atoms with Gasteiger partial charge in [-0.15, -0.1) is 0 Å². The maximum absolute atomic E-state index is 12.0. The fourth-order valence-corrected chi connectivity index (χ4v) is 2.22. The van der Waals surface area contributed by atoms with Gasteiger partial charge < -0.3 is 9.47 Å². The van der Waals surface area contributed by atoms with Gasteiger partial charge in [0.25, 0.3) is 0 Å². The van der Waals surface area contributed by atoms with Crippen LogP contribution in [0.5, 0.6) is 0 Å². The number of nitrogens with one attached hydrogen (secondary N) is 1. The number of ether oxygens (including phenoxy) is 2. The first-order chi connectivity index (χ1) is 12.2. The SMILES string of the molecule is CCC(=O)[C@@H](C)CCCCC(=NC(=O)OC(C)(C)C)NC(=O)OC(C)(C)C. The second-order valence-corrected chi connectivity index (χ2v) is 8.63. The highest BCUT2D eigenvalue weighted by Gasteiger charge is 2.20. The van der Waals surface area contributed by atoms with Crippen LogP contribution in [0.15, 0.2) is 4.99 Å². The van der Waals surface area contributed by atoms with Crippen LogP contribution in [0.2, 0.25) is 0 Å². The summed E-state index contributed by atoms with van der Waals surface area (Å²) < 4.78 is 10.4. The highest BCUT2D eigenvalue weighted by Crippen LogP contribution is 2.13. The molecule has 1 N–H and O–H groups in total. The van der Waals surface area contributed by atoms with Crippen LogP contribution in [-0.4, -0.2) is 35.0 Å². The highest BCUT2D eigenvalue weighted by molar-refractivity contribution is 6.00. The largest absolute Gasteiger partial charge is 0.444 e. The van der Waals surface area contributed by atoms with E-state index in [2.05, 4.69) is 10.3 Å². The van der Waals surface area contributed by atoms with E-state index in [1.165, 1.54) is 0 Å². The molecule has 0 saturated carbocycles. The van der Waals surface area contributed by atoms with Crippen LogP contribution >= 0.6 is 0 Å². The Hall–Kier alpha value is -1.92. The zero-order valence-electron chi connectivity index (χ0n) is 18.1. The zero-order chi connectivity index (χ0) is 21.3. The molecule has 0 radical (unpaired) electrons. The van der Waals surface area contributed by atoms with E-state index < -0.39 is 23.4 Å². The van der Waals surface area contributed by atoms with Gasteiger partial charge in [-0.2, -0.15) is 4.99 Å². The molecule has 7 nitrogen and oxygen atoms in total. The third-order valence-electron chi connectivity index (χ3n) is 3.46. The Morgan fingerprint density at radius 3 is 2.00 bits per heavy atom. The number of ketones is 1. The van der Waals surface area contributed by atoms with Crippen LogP contribution in [0.4, 0.5) is 9.59 Å². The number of rotatable bonds is 7. The van der Waals surface area contributed by atoms with Crippen LogP contribution in [-0.2, 0) is 14.3 Å². The van der Waals surface area contributed by atoms with Crippen molar-refractivity contribution in [2.75, 3.05) is 0 Å². The van der Waals surface area contributed by atoms with Crippen molar-refractivity contribution in [3.63, 3.8) is 0 Å². The lowest BCUT2D eigenvalue weighted by Crippen LogP contribution is -2.37. The van der Waals surface area contributed by atoms with E-state index in [-0.39, 0.29) is 17.5 Å². The minimum Gasteiger partial charge on any atom is -0.444 e. The summed E-state index contributed by atoms with van der Waals surface area (Å²) in [5, 5.41) is 2.53. The predicted octanol–water partition coefficient (Wildman–Crippen LogP) is 5.02. The van der Waals surface area contributed by atoms with Gasteiger partial charge in [0.1, 0.15) is 22.8 Å². The first-order valence-electron chi connectivity index (χ1n) is 9.56. The number of alkyl carbamates (subject to hydrolysis) is 1. The molecule has 1 atom stereocenters. The Kier molecular flexibility index (Phi) is 10.3. The summed E-state index contributed by atoms with van der Waals surface area (Å²) in [6.45, 7) is 14.3. The van der Waals surface area contributed by atoms with E-state index in [9.17, 15) is 14.4 Å². The molecular formula is C20H36N2O5. The molecule has 0 aliphatic carbocycles. The molecule has 2 amide bonds. The van der Waals surface area contributed by atoms with E-state index in [4.69, 9.17) is 9.47 Å². The summed E-state index contributed by atoms with van der Waals surface area (Å²) in [7, 11) is 0. The van der Waals surface area contributed by atoms with Gasteiger partial charge in [-0.25, -0.2) is 9.59 Å². The second-order valence-electron chi connectivity index (χ2n) is 8.63. The lowest BCUT2D eigenvalue weighted by Gasteiger charge is -2.21. The van der Waals surface area contributed by atoms with Gasteiger partial charge >= 0.3 is 12.2 Å². The van der Waals surface area contributed by atoms with Crippen LogP contribution < -0.4 is 5.32 Å². The fourth-order valence-electron chi connectivity index (χ4n) is 2.22. The van der Waals surface area contributed by atoms with E-state index in [1.54, 1.807) is 41.5 Å². The Labute approximate surface area is 163 Å². The predicted molar refractivity (Wildman–Crippen MR) is 106 cm³/mol. The van der Waals surface area contributed by atoms with Gasteiger partial charge in [-0.05, 0) is 54.4 Å². The van der Waals surface area contributed by atoms with Crippen molar-refractivity contribution in [2.45, 2.75) is 98.7 Å². The molecule has 0 fully saturated rings. The fraction of sp³-hybridized carbons (Fsp3) is 0.800. The third-order valence-corrected chi connectivity index (χ3v) is 3.46. The molecule has 7 heteroatoms. The monoisotopic (exact) mass is 384 g/mol. The highest BCUT2D eigenvalue weighted by atomic mass is 16.6. The van der Waals surface area contributed by atoms with Crippen LogP contribution in [0.3, 0.4) is 0 Å². The summed E-state index contributed by atoms with van der Waals surface area (Å²) in [6.07, 6.45) is 1.72. The number of aliphatic imine (C=N–C) groups is 1. The van der Waals surface area contributed by atoms with Gasteiger partial charge in [0, 0.05) is 18.8 Å². The number of hydrogen-bond acceptors (Lipinski definition) is 5. The van der Waals surface area contributed by atoms with E-state index in [0.29, 0.717) is 19.3 Å². The maximum Gasteiger partial charge on any atom is 0.435 e. The average molecular weight is 385 g/mol. The molecule has 0 aromatic heterocycles. The van der Waals surface area contributed by atoms with Gasteiger partial charge in [-0.1, -0.05) is 20.3 Å². The Balaban J connectivity index is 4.85. The van der Waals surface area contributed by atoms with Crippen LogP contribution in [0.25, 0.3) is 0 Å². The van der Waals surface area contributed by atoms with Crippen LogP contribution in [0.1, 0.15) is 87.5 Å². The van der Waals surface area contributed by atoms with Crippen molar-refractivity contribution in [1.29, 1.82) is 0 Å². The minimum atomic E-state index is -0.761. The molecule has 0 bridgehead atoms. The molecule has 0 spiro atoms. The number of amides is 2. The Bertz CT molecular complexity index is 542. The molecule has 0 saturated heterocycles. The standard InChI is InChI=1S/C20H36N2O5/c1-9-15(23)14(2)12-10-11-13-16(21-17(24)26-19(3,4)5)22-18(25)27-20(6,7)8/h14H,9-13H2,1-8H3,(H,21,22,24,25)/t14-/m0/s1. The zero-order valence-corrected chi connectivity index (χ0v) is 18.1. The summed E-state index contributed by atoms with van der Waals surface area (Å²) in [5.41, 5.74) is -1.33. The maximum atomic E-state index is 12.0. The van der Waals surface area contributed by atoms with E-state index >= 15 is 0 Å². The molecule has 0 aliphatic heterocycles. The van der Waals surface area contributed by atoms with Crippen molar-refractivity contribution in [1.82, 2.24) is 5.32 Å². The lowest BCUT2D eigenvalue weighted by atomic mass is 9.97. The number of nitrogens with zero attached hydrogens (tertiary/aromatic N) is 1. The smallest absolute Gasteiger partial charge is 0.435 e. The van der Waals surface area contributed by atoms with Crippen molar-refractivity contribution in [2.24, 2.45) is 10.9 Å². The molecule has 0 aromatic carbocycles. The van der Waals surface area contributed by atoms with E-state index in [0.717, 1.165) is 12.8 Å². The number of unbranched alkanes of at least 4 members (excludes halogenated alkanes) is 1. The molecule has 27 heavy (non-hydrogen) atoms. The molecule has 0 aromatic rings. The molecule has 0 aliphatic rings. The number of carbonyl (C=O) groups is 3. The van der Waals surface area contributed by atoms with Gasteiger partial charge in [0.05, 0.1) is 0 Å². The number of carbonyl (C=O) groups excluding carboxylic acids is 3. The van der Waals surface area contributed by atoms with Crippen molar-refractivity contribution >= 4 is 23.8 Å². The Morgan fingerprint density at radius 1 is 0.963 bits per heavy atom. The number of hydrogen-bond donors (Lipinski definition) is 1. The number of Topliss-reactive ketones (excluding diaryl/α,β-unsaturated/α-hetero) is 1.